The van der Waals surface area contributed by atoms with Crippen molar-refractivity contribution in [1.82, 2.24) is 5.32 Å². The maximum atomic E-state index is 8.00. The summed E-state index contributed by atoms with van der Waals surface area (Å²) in [7, 11) is 0. The van der Waals surface area contributed by atoms with E-state index in [1.165, 1.54) is 0 Å². The third-order valence-electron chi connectivity index (χ3n) is 3.73. The Morgan fingerprint density at radius 2 is 1.76 bits per heavy atom. The molecule has 3 aliphatic rings. The number of rotatable bonds is 0. The summed E-state index contributed by atoms with van der Waals surface area (Å²) in [5, 5.41) is 3.42. The van der Waals surface area contributed by atoms with Crippen LogP contribution in [-0.2, 0) is 19.0 Å². The van der Waals surface area contributed by atoms with Crippen molar-refractivity contribution in [3.63, 3.8) is 0 Å². The molecule has 2 saturated heterocycles. The lowest BCUT2D eigenvalue weighted by molar-refractivity contribution is -0.232. The van der Waals surface area contributed by atoms with Crippen LogP contribution in [-0.4, -0.2) is 51.1 Å². The molecular formula is C12H21NO4. The molecule has 2 heterocycles. The van der Waals surface area contributed by atoms with Gasteiger partial charge in [0.05, 0.1) is 25.4 Å². The number of carbonyl (C=O) groups is 1. The Balaban J connectivity index is 0.000000514. The summed E-state index contributed by atoms with van der Waals surface area (Å²) in [6, 6.07) is 0. The molecule has 0 radical (unpaired) electrons. The van der Waals surface area contributed by atoms with E-state index in [9.17, 15) is 0 Å². The summed E-state index contributed by atoms with van der Waals surface area (Å²) < 4.78 is 17.5. The summed E-state index contributed by atoms with van der Waals surface area (Å²) in [6.07, 6.45) is 4.20. The molecule has 0 amide bonds. The van der Waals surface area contributed by atoms with Gasteiger partial charge in [0.25, 0.3) is 0 Å². The molecule has 17 heavy (non-hydrogen) atoms. The van der Waals surface area contributed by atoms with Gasteiger partial charge in [-0.3, -0.25) is 0 Å². The van der Waals surface area contributed by atoms with E-state index in [0.29, 0.717) is 0 Å². The molecule has 0 aromatic carbocycles. The van der Waals surface area contributed by atoms with E-state index < -0.39 is 0 Å². The molecule has 1 aliphatic carbocycles. The summed E-state index contributed by atoms with van der Waals surface area (Å²) in [4.78, 5) is 8.00. The lowest BCUT2D eigenvalue weighted by Crippen LogP contribution is -2.56. The van der Waals surface area contributed by atoms with E-state index in [1.807, 2.05) is 6.79 Å². The van der Waals surface area contributed by atoms with Gasteiger partial charge in [0.15, 0.2) is 5.79 Å². The Kier molecular flexibility index (Phi) is 4.14. The Morgan fingerprint density at radius 1 is 1.00 bits per heavy atom. The van der Waals surface area contributed by atoms with Gasteiger partial charge in [0.1, 0.15) is 6.79 Å². The van der Waals surface area contributed by atoms with Crippen LogP contribution in [0.3, 0.4) is 0 Å². The molecule has 2 aliphatic heterocycles. The van der Waals surface area contributed by atoms with E-state index in [2.05, 4.69) is 5.32 Å². The zero-order valence-electron chi connectivity index (χ0n) is 10.2. The summed E-state index contributed by atoms with van der Waals surface area (Å²) >= 11 is 0. The fraction of sp³-hybridized carbons (Fsp3) is 0.917. The minimum Gasteiger partial charge on any atom is -0.372 e. The first-order valence-corrected chi connectivity index (χ1v) is 6.24. The third kappa shape index (κ3) is 2.68. The van der Waals surface area contributed by atoms with E-state index in [0.717, 1.165) is 58.6 Å². The molecule has 1 N–H and O–H groups in total. The number of ether oxygens (including phenoxy) is 3. The van der Waals surface area contributed by atoms with Crippen molar-refractivity contribution < 1.29 is 19.0 Å². The van der Waals surface area contributed by atoms with Gasteiger partial charge in [-0.1, -0.05) is 0 Å². The van der Waals surface area contributed by atoms with Crippen LogP contribution in [0.4, 0.5) is 0 Å². The first-order chi connectivity index (χ1) is 8.33. The molecular weight excluding hydrogens is 222 g/mol. The van der Waals surface area contributed by atoms with Crippen LogP contribution in [0.15, 0.2) is 0 Å². The smallest absolute Gasteiger partial charge is 0.171 e. The maximum Gasteiger partial charge on any atom is 0.171 e. The van der Waals surface area contributed by atoms with Crippen molar-refractivity contribution in [2.75, 3.05) is 32.9 Å². The highest BCUT2D eigenvalue weighted by molar-refractivity contribution is 5.11. The van der Waals surface area contributed by atoms with E-state index >= 15 is 0 Å². The number of hydrogen-bond acceptors (Lipinski definition) is 5. The van der Waals surface area contributed by atoms with Gasteiger partial charge in [-0.05, 0) is 12.8 Å². The minimum absolute atomic E-state index is 0.0269. The highest BCUT2D eigenvalue weighted by atomic mass is 16.7. The van der Waals surface area contributed by atoms with Gasteiger partial charge < -0.3 is 24.3 Å². The average molecular weight is 243 g/mol. The molecule has 1 unspecified atom stereocenters. The SMILES string of the molecule is C1CC2(CNCCO2)CC2(C1)OCCO2.C=O. The second-order valence-electron chi connectivity index (χ2n) is 4.85. The van der Waals surface area contributed by atoms with Crippen LogP contribution >= 0.6 is 0 Å². The topological polar surface area (TPSA) is 56.8 Å². The van der Waals surface area contributed by atoms with Gasteiger partial charge in [-0.25, -0.2) is 0 Å². The van der Waals surface area contributed by atoms with Crippen LogP contribution in [0.1, 0.15) is 25.7 Å². The molecule has 0 bridgehead atoms. The Bertz CT molecular complexity index is 241. The van der Waals surface area contributed by atoms with Crippen molar-refractivity contribution in [1.29, 1.82) is 0 Å². The van der Waals surface area contributed by atoms with Crippen LogP contribution in [0.25, 0.3) is 0 Å². The highest BCUT2D eigenvalue weighted by Gasteiger charge is 2.49. The first kappa shape index (κ1) is 13.0. The number of nitrogens with one attached hydrogen (secondary N) is 1. The molecule has 5 nitrogen and oxygen atoms in total. The molecule has 5 heteroatoms. The molecule has 3 fully saturated rings. The Morgan fingerprint density at radius 3 is 2.41 bits per heavy atom. The molecule has 98 valence electrons. The van der Waals surface area contributed by atoms with Crippen molar-refractivity contribution in [3.05, 3.63) is 0 Å². The van der Waals surface area contributed by atoms with Gasteiger partial charge in [0.2, 0.25) is 0 Å². The van der Waals surface area contributed by atoms with E-state index in [4.69, 9.17) is 19.0 Å². The Hall–Kier alpha value is -0.490. The molecule has 3 rings (SSSR count). The van der Waals surface area contributed by atoms with E-state index in [-0.39, 0.29) is 11.4 Å². The normalized spacial score (nSPS) is 35.5. The number of morpholine rings is 1. The molecule has 0 aromatic rings. The third-order valence-corrected chi connectivity index (χ3v) is 3.73. The van der Waals surface area contributed by atoms with Crippen molar-refractivity contribution in [2.24, 2.45) is 0 Å². The summed E-state index contributed by atoms with van der Waals surface area (Å²) in [5.41, 5.74) is -0.0269. The lowest BCUT2D eigenvalue weighted by Gasteiger charge is -2.46. The van der Waals surface area contributed by atoms with Gasteiger partial charge >= 0.3 is 0 Å². The lowest BCUT2D eigenvalue weighted by atomic mass is 9.80. The monoisotopic (exact) mass is 243 g/mol. The first-order valence-electron chi connectivity index (χ1n) is 6.24. The molecule has 1 saturated carbocycles. The van der Waals surface area contributed by atoms with Crippen LogP contribution < -0.4 is 5.32 Å². The average Bonchev–Trinajstić information content (AvgIpc) is 2.80. The molecule has 2 spiro atoms. The van der Waals surface area contributed by atoms with Crippen LogP contribution in [0, 0.1) is 0 Å². The quantitative estimate of drug-likeness (QED) is 0.670. The molecule has 1 atom stereocenters. The zero-order chi connectivity index (χ0) is 12.2. The second-order valence-corrected chi connectivity index (χ2v) is 4.85. The fourth-order valence-corrected chi connectivity index (χ4v) is 3.07. The fourth-order valence-electron chi connectivity index (χ4n) is 3.07. The van der Waals surface area contributed by atoms with Crippen molar-refractivity contribution >= 4 is 6.79 Å². The van der Waals surface area contributed by atoms with Gasteiger partial charge in [0, 0.05) is 25.9 Å². The minimum atomic E-state index is -0.322. The van der Waals surface area contributed by atoms with Gasteiger partial charge in [-0.15, -0.1) is 0 Å². The van der Waals surface area contributed by atoms with Crippen LogP contribution in [0.5, 0.6) is 0 Å². The molecule has 0 aromatic heterocycles. The highest BCUT2D eigenvalue weighted by Crippen LogP contribution is 2.42. The zero-order valence-corrected chi connectivity index (χ0v) is 10.2. The predicted octanol–water partition coefficient (Wildman–Crippen LogP) is 0.477. The number of carbonyl (C=O) groups excluding carboxylic acids is 1. The van der Waals surface area contributed by atoms with E-state index in [1.54, 1.807) is 0 Å². The maximum absolute atomic E-state index is 8.00. The standard InChI is InChI=1S/C11H19NO3.CH2O/c1-2-10(9-12-4-5-13-10)8-11(3-1)14-6-7-15-11;1-2/h12H,1-9H2;1H2. The summed E-state index contributed by atoms with van der Waals surface area (Å²) in [5.74, 6) is -0.322. The summed E-state index contributed by atoms with van der Waals surface area (Å²) in [6.45, 7) is 6.21. The predicted molar refractivity (Wildman–Crippen MR) is 61.8 cm³/mol. The van der Waals surface area contributed by atoms with Crippen LogP contribution in [0.2, 0.25) is 0 Å². The van der Waals surface area contributed by atoms with Gasteiger partial charge in [-0.2, -0.15) is 0 Å². The largest absolute Gasteiger partial charge is 0.372 e. The second kappa shape index (κ2) is 5.44. The number of hydrogen-bond donors (Lipinski definition) is 1. The van der Waals surface area contributed by atoms with Crippen molar-refractivity contribution in [3.8, 4) is 0 Å². The Labute approximate surface area is 102 Å². The van der Waals surface area contributed by atoms with Crippen molar-refractivity contribution in [2.45, 2.75) is 37.1 Å².